The highest BCUT2D eigenvalue weighted by molar-refractivity contribution is 5.95. The summed E-state index contributed by atoms with van der Waals surface area (Å²) in [7, 11) is 0. The predicted molar refractivity (Wildman–Crippen MR) is 119 cm³/mol. The van der Waals surface area contributed by atoms with Crippen LogP contribution in [0.1, 0.15) is 44.0 Å². The van der Waals surface area contributed by atoms with Crippen molar-refractivity contribution in [3.63, 3.8) is 0 Å². The third-order valence-electron chi connectivity index (χ3n) is 5.91. The average Bonchev–Trinajstić information content (AvgIpc) is 3.44. The van der Waals surface area contributed by atoms with E-state index in [1.807, 2.05) is 25.7 Å². The molecule has 1 aliphatic carbocycles. The summed E-state index contributed by atoms with van der Waals surface area (Å²) in [5.74, 6) is 1.86. The zero-order chi connectivity index (χ0) is 22.7. The molecule has 8 heteroatoms. The van der Waals surface area contributed by atoms with Crippen LogP contribution in [0.25, 0.3) is 0 Å². The van der Waals surface area contributed by atoms with Gasteiger partial charge in [-0.25, -0.2) is 0 Å². The maximum Gasteiger partial charge on any atom is 0.254 e. The van der Waals surface area contributed by atoms with Gasteiger partial charge in [0.15, 0.2) is 11.5 Å². The molecule has 178 valence electrons. The number of benzene rings is 1. The van der Waals surface area contributed by atoms with E-state index in [-0.39, 0.29) is 24.4 Å². The van der Waals surface area contributed by atoms with Gasteiger partial charge in [0, 0.05) is 38.3 Å². The Morgan fingerprint density at radius 1 is 1.25 bits per heavy atom. The van der Waals surface area contributed by atoms with Gasteiger partial charge in [-0.1, -0.05) is 0 Å². The number of carbonyl (C=O) groups is 1. The lowest BCUT2D eigenvalue weighted by atomic mass is 10.1. The molecule has 1 aromatic rings. The van der Waals surface area contributed by atoms with Crippen molar-refractivity contribution in [2.75, 3.05) is 52.7 Å². The van der Waals surface area contributed by atoms with E-state index in [0.29, 0.717) is 55.8 Å². The van der Waals surface area contributed by atoms with Crippen LogP contribution in [-0.4, -0.2) is 91.4 Å². The van der Waals surface area contributed by atoms with Crippen LogP contribution in [0, 0.1) is 5.92 Å². The number of hydrogen-bond acceptors (Lipinski definition) is 7. The van der Waals surface area contributed by atoms with Crippen molar-refractivity contribution >= 4 is 5.91 Å². The molecule has 32 heavy (non-hydrogen) atoms. The summed E-state index contributed by atoms with van der Waals surface area (Å²) in [5.41, 5.74) is 0.338. The summed E-state index contributed by atoms with van der Waals surface area (Å²) >= 11 is 0. The Hall–Kier alpha value is -1.87. The topological polar surface area (TPSA) is 80.7 Å². The fourth-order valence-electron chi connectivity index (χ4n) is 4.06. The van der Waals surface area contributed by atoms with Gasteiger partial charge >= 0.3 is 0 Å². The minimum atomic E-state index is -0.550. The van der Waals surface area contributed by atoms with Crippen LogP contribution in [0.3, 0.4) is 0 Å². The van der Waals surface area contributed by atoms with Gasteiger partial charge in [0.05, 0.1) is 31.0 Å². The van der Waals surface area contributed by atoms with E-state index in [2.05, 4.69) is 4.90 Å². The molecule has 2 heterocycles. The van der Waals surface area contributed by atoms with Gasteiger partial charge in [-0.05, 0) is 57.7 Å². The molecule has 1 saturated heterocycles. The summed E-state index contributed by atoms with van der Waals surface area (Å²) in [6.07, 6.45) is 1.70. The van der Waals surface area contributed by atoms with E-state index in [9.17, 15) is 9.90 Å². The molecule has 2 unspecified atom stereocenters. The first-order valence-electron chi connectivity index (χ1n) is 11.6. The number of ether oxygens (including phenoxy) is 4. The molecular formula is C24H36N2O6. The van der Waals surface area contributed by atoms with Crippen LogP contribution in [0.15, 0.2) is 18.2 Å². The van der Waals surface area contributed by atoms with Gasteiger partial charge in [0.2, 0.25) is 6.79 Å². The van der Waals surface area contributed by atoms with Crippen molar-refractivity contribution in [1.82, 2.24) is 9.80 Å². The number of aliphatic hydroxyl groups is 1. The SMILES string of the molecule is CC(C)(C)OCC(O)CN1CCOC(CN(CC2CC2)C(=O)c2ccc3c(c2)OCO3)C1. The zero-order valence-electron chi connectivity index (χ0n) is 19.4. The number of rotatable bonds is 9. The van der Waals surface area contributed by atoms with Crippen molar-refractivity contribution in [2.45, 2.75) is 51.4 Å². The molecule has 0 spiro atoms. The normalized spacial score (nSPS) is 22.1. The van der Waals surface area contributed by atoms with Gasteiger partial charge < -0.3 is 29.0 Å². The van der Waals surface area contributed by atoms with Crippen LogP contribution >= 0.6 is 0 Å². The Morgan fingerprint density at radius 3 is 2.78 bits per heavy atom. The number of β-amino-alcohol motifs (C(OH)–C–C–N with tert-alkyl or cyclic N) is 1. The molecule has 1 N–H and O–H groups in total. The number of aliphatic hydroxyl groups excluding tert-OH is 1. The van der Waals surface area contributed by atoms with E-state index in [1.165, 1.54) is 12.8 Å². The number of amides is 1. The molecule has 1 amide bonds. The van der Waals surface area contributed by atoms with Crippen LogP contribution in [0.4, 0.5) is 0 Å². The second-order valence-corrected chi connectivity index (χ2v) is 10.1. The van der Waals surface area contributed by atoms with Crippen LogP contribution in [0.5, 0.6) is 11.5 Å². The summed E-state index contributed by atoms with van der Waals surface area (Å²) in [5, 5.41) is 10.4. The molecule has 8 nitrogen and oxygen atoms in total. The van der Waals surface area contributed by atoms with Crippen LogP contribution in [-0.2, 0) is 9.47 Å². The smallest absolute Gasteiger partial charge is 0.254 e. The standard InChI is InChI=1S/C24H36N2O6/c1-24(2,3)32-15-19(27)12-25-8-9-29-20(13-25)14-26(11-17-4-5-17)23(28)18-6-7-21-22(10-18)31-16-30-21/h6-7,10,17,19-20,27H,4-5,8-9,11-16H2,1-3H3. The van der Waals surface area contributed by atoms with Crippen LogP contribution in [0.2, 0.25) is 0 Å². The molecule has 2 fully saturated rings. The first-order valence-corrected chi connectivity index (χ1v) is 11.6. The monoisotopic (exact) mass is 448 g/mol. The van der Waals surface area contributed by atoms with Gasteiger partial charge in [0.25, 0.3) is 5.91 Å². The highest BCUT2D eigenvalue weighted by Crippen LogP contribution is 2.34. The average molecular weight is 449 g/mol. The third kappa shape index (κ3) is 6.57. The Morgan fingerprint density at radius 2 is 2.03 bits per heavy atom. The quantitative estimate of drug-likeness (QED) is 0.620. The number of fused-ring (bicyclic) bond motifs is 1. The van der Waals surface area contributed by atoms with Gasteiger partial charge in [-0.3, -0.25) is 9.69 Å². The van der Waals surface area contributed by atoms with Crippen molar-refractivity contribution < 1.29 is 28.8 Å². The highest BCUT2D eigenvalue weighted by atomic mass is 16.7. The number of morpholine rings is 1. The summed E-state index contributed by atoms with van der Waals surface area (Å²) < 4.78 is 22.5. The lowest BCUT2D eigenvalue weighted by Gasteiger charge is -2.37. The Labute approximate surface area is 190 Å². The first-order chi connectivity index (χ1) is 15.3. The fourth-order valence-corrected chi connectivity index (χ4v) is 4.06. The number of hydrogen-bond donors (Lipinski definition) is 1. The van der Waals surface area contributed by atoms with E-state index in [4.69, 9.17) is 18.9 Å². The Balaban J connectivity index is 1.34. The van der Waals surface area contributed by atoms with Gasteiger partial charge in [-0.15, -0.1) is 0 Å². The molecule has 2 atom stereocenters. The summed E-state index contributed by atoms with van der Waals surface area (Å²) in [6, 6.07) is 5.37. The molecule has 4 rings (SSSR count). The minimum Gasteiger partial charge on any atom is -0.454 e. The fraction of sp³-hybridized carbons (Fsp3) is 0.708. The van der Waals surface area contributed by atoms with E-state index >= 15 is 0 Å². The largest absolute Gasteiger partial charge is 0.454 e. The van der Waals surface area contributed by atoms with Crippen LogP contribution < -0.4 is 9.47 Å². The van der Waals surface area contributed by atoms with Crippen molar-refractivity contribution in [3.8, 4) is 11.5 Å². The molecule has 1 saturated carbocycles. The van der Waals surface area contributed by atoms with Crippen molar-refractivity contribution in [3.05, 3.63) is 23.8 Å². The third-order valence-corrected chi connectivity index (χ3v) is 5.91. The molecule has 0 bridgehead atoms. The van der Waals surface area contributed by atoms with E-state index in [0.717, 1.165) is 13.1 Å². The van der Waals surface area contributed by atoms with Gasteiger partial charge in [0.1, 0.15) is 0 Å². The van der Waals surface area contributed by atoms with Gasteiger partial charge in [-0.2, -0.15) is 0 Å². The summed E-state index contributed by atoms with van der Waals surface area (Å²) in [4.78, 5) is 17.4. The predicted octanol–water partition coefficient (Wildman–Crippen LogP) is 2.14. The van der Waals surface area contributed by atoms with Crippen molar-refractivity contribution in [2.24, 2.45) is 5.92 Å². The van der Waals surface area contributed by atoms with E-state index in [1.54, 1.807) is 18.2 Å². The van der Waals surface area contributed by atoms with Crippen molar-refractivity contribution in [1.29, 1.82) is 0 Å². The molecule has 0 radical (unpaired) electrons. The maximum absolute atomic E-state index is 13.3. The first kappa shape index (κ1) is 23.3. The molecule has 0 aromatic heterocycles. The second-order valence-electron chi connectivity index (χ2n) is 10.1. The van der Waals surface area contributed by atoms with E-state index < -0.39 is 6.10 Å². The minimum absolute atomic E-state index is 0.00506. The lowest BCUT2D eigenvalue weighted by molar-refractivity contribution is -0.0781. The highest BCUT2D eigenvalue weighted by Gasteiger charge is 2.32. The number of nitrogens with zero attached hydrogens (tertiary/aromatic N) is 2. The summed E-state index contributed by atoms with van der Waals surface area (Å²) in [6.45, 7) is 10.3. The molecule has 1 aromatic carbocycles. The second kappa shape index (κ2) is 9.95. The Kier molecular flexibility index (Phi) is 7.24. The molecule has 3 aliphatic rings. The number of carbonyl (C=O) groups excluding carboxylic acids is 1. The zero-order valence-corrected chi connectivity index (χ0v) is 19.4. The lowest BCUT2D eigenvalue weighted by Crippen LogP contribution is -2.51. The molecular weight excluding hydrogens is 412 g/mol. The maximum atomic E-state index is 13.3. The molecule has 2 aliphatic heterocycles. The Bertz CT molecular complexity index is 791.